The Labute approximate surface area is 156 Å². The fraction of sp³-hybridized carbons (Fsp3) is 0.833. The van der Waals surface area contributed by atoms with Crippen molar-refractivity contribution < 1.29 is 9.53 Å². The predicted molar refractivity (Wildman–Crippen MR) is 108 cm³/mol. The average molecular weight is 375 g/mol. The molecule has 24 heavy (non-hydrogen) atoms. The lowest BCUT2D eigenvalue weighted by molar-refractivity contribution is 0.178. The van der Waals surface area contributed by atoms with Crippen molar-refractivity contribution in [2.75, 3.05) is 31.4 Å². The van der Waals surface area contributed by atoms with Gasteiger partial charge in [-0.2, -0.15) is 0 Å². The van der Waals surface area contributed by atoms with Gasteiger partial charge in [0.25, 0.3) is 0 Å². The smallest absolute Gasteiger partial charge is 0.315 e. The predicted octanol–water partition coefficient (Wildman–Crippen LogP) is 4.52. The average Bonchev–Trinajstić information content (AvgIpc) is 2.52. The summed E-state index contributed by atoms with van der Waals surface area (Å²) >= 11 is 0. The molecule has 2 N–H and O–H groups in total. The molecule has 0 unspecified atom stereocenters. The first-order chi connectivity index (χ1) is 11.5. The van der Waals surface area contributed by atoms with E-state index in [-0.39, 0.29) is 6.03 Å². The first-order valence-corrected chi connectivity index (χ1v) is 11.3. The minimum absolute atomic E-state index is 0.151. The molecule has 0 aliphatic rings. The summed E-state index contributed by atoms with van der Waals surface area (Å²) in [6.07, 6.45) is 4.48. The van der Waals surface area contributed by atoms with E-state index in [0.717, 1.165) is 31.3 Å². The Kier molecular flexibility index (Phi) is 16.9. The number of nitrogens with one attached hydrogen (secondary N) is 2. The van der Waals surface area contributed by atoms with Gasteiger partial charge < -0.3 is 15.4 Å². The summed E-state index contributed by atoms with van der Waals surface area (Å²) < 4.78 is 5.57. The number of urea groups is 1. The van der Waals surface area contributed by atoms with Crippen molar-refractivity contribution in [1.29, 1.82) is 0 Å². The zero-order valence-electron chi connectivity index (χ0n) is 15.7. The topological polar surface area (TPSA) is 50.4 Å². The monoisotopic (exact) mass is 374 g/mol. The Morgan fingerprint density at radius 2 is 1.88 bits per heavy atom. The van der Waals surface area contributed by atoms with Crippen LogP contribution in [0.4, 0.5) is 4.79 Å². The maximum absolute atomic E-state index is 11.5. The van der Waals surface area contributed by atoms with Gasteiger partial charge >= 0.3 is 6.03 Å². The number of amides is 2. The minimum atomic E-state index is -0.151. The van der Waals surface area contributed by atoms with Crippen LogP contribution in [0.1, 0.15) is 53.4 Å². The van der Waals surface area contributed by atoms with Crippen molar-refractivity contribution >= 4 is 27.6 Å². The number of hydrogen-bond acceptors (Lipinski definition) is 4. The van der Waals surface area contributed by atoms with Gasteiger partial charge in [0.2, 0.25) is 0 Å². The third-order valence-electron chi connectivity index (χ3n) is 2.95. The highest BCUT2D eigenvalue weighted by Crippen LogP contribution is 2.23. The Morgan fingerprint density at radius 3 is 2.58 bits per heavy atom. The molecule has 0 saturated heterocycles. The van der Waals surface area contributed by atoms with Gasteiger partial charge in [-0.05, 0) is 25.2 Å². The molecule has 0 spiro atoms. The Balaban J connectivity index is 3.22. The van der Waals surface area contributed by atoms with E-state index in [1.54, 1.807) is 10.8 Å². The third-order valence-corrected chi connectivity index (χ3v) is 5.13. The Bertz CT molecular complexity index is 366. The molecule has 0 aliphatic heterocycles. The lowest BCUT2D eigenvalue weighted by Gasteiger charge is -2.06. The van der Waals surface area contributed by atoms with E-state index in [1.165, 1.54) is 18.6 Å². The van der Waals surface area contributed by atoms with E-state index >= 15 is 0 Å². The molecule has 6 heteroatoms. The molecule has 140 valence electrons. The summed E-state index contributed by atoms with van der Waals surface area (Å²) in [5.74, 6) is 9.01. The molecule has 0 aromatic heterocycles. The number of hydrogen-bond donors (Lipinski definition) is 2. The second-order valence-corrected chi connectivity index (χ2v) is 8.82. The molecule has 0 radical (unpaired) electrons. The zero-order chi connectivity index (χ0) is 18.0. The Hall–Kier alpha value is -0.510. The molecule has 4 nitrogen and oxygen atoms in total. The molecule has 2 amide bonds. The van der Waals surface area contributed by atoms with E-state index in [0.29, 0.717) is 19.0 Å². The molecule has 0 rings (SSSR count). The molecule has 0 bridgehead atoms. The molecule has 0 aliphatic carbocycles. The van der Waals surface area contributed by atoms with Gasteiger partial charge in [0.1, 0.15) is 5.94 Å². The molecule has 0 fully saturated rings. The SMILES string of the molecule is CC(C)C#CCNC(=O)NCCCCOCSSCCCC(C)C. The lowest BCUT2D eigenvalue weighted by atomic mass is 10.1. The summed E-state index contributed by atoms with van der Waals surface area (Å²) in [5, 5.41) is 5.54. The van der Waals surface area contributed by atoms with Gasteiger partial charge in [-0.25, -0.2) is 4.79 Å². The molecule has 0 aromatic carbocycles. The van der Waals surface area contributed by atoms with Crippen molar-refractivity contribution in [2.24, 2.45) is 11.8 Å². The van der Waals surface area contributed by atoms with Gasteiger partial charge in [-0.3, -0.25) is 0 Å². The van der Waals surface area contributed by atoms with Gasteiger partial charge in [0.15, 0.2) is 0 Å². The van der Waals surface area contributed by atoms with E-state index in [1.807, 2.05) is 24.6 Å². The van der Waals surface area contributed by atoms with Gasteiger partial charge in [-0.1, -0.05) is 67.5 Å². The van der Waals surface area contributed by atoms with Gasteiger partial charge in [-0.15, -0.1) is 0 Å². The van der Waals surface area contributed by atoms with Crippen LogP contribution in [0.25, 0.3) is 0 Å². The lowest BCUT2D eigenvalue weighted by Crippen LogP contribution is -2.36. The second-order valence-electron chi connectivity index (χ2n) is 6.29. The number of carbonyl (C=O) groups is 1. The summed E-state index contributed by atoms with van der Waals surface area (Å²) in [6.45, 7) is 10.4. The largest absolute Gasteiger partial charge is 0.370 e. The van der Waals surface area contributed by atoms with Crippen LogP contribution in [0.2, 0.25) is 0 Å². The molecule has 0 saturated carbocycles. The molecule has 0 atom stereocenters. The van der Waals surface area contributed by atoms with Crippen LogP contribution in [0, 0.1) is 23.7 Å². The maximum atomic E-state index is 11.5. The number of ether oxygens (including phenoxy) is 1. The van der Waals surface area contributed by atoms with Crippen LogP contribution in [-0.4, -0.2) is 37.4 Å². The highest BCUT2D eigenvalue weighted by molar-refractivity contribution is 8.76. The number of carbonyl (C=O) groups excluding carboxylic acids is 1. The van der Waals surface area contributed by atoms with Crippen LogP contribution in [0.3, 0.4) is 0 Å². The maximum Gasteiger partial charge on any atom is 0.315 e. The first-order valence-electron chi connectivity index (χ1n) is 8.84. The molecule has 0 aromatic rings. The zero-order valence-corrected chi connectivity index (χ0v) is 17.3. The molecular formula is C18H34N2O2S2. The van der Waals surface area contributed by atoms with Crippen molar-refractivity contribution in [3.05, 3.63) is 0 Å². The normalized spacial score (nSPS) is 10.6. The second kappa shape index (κ2) is 17.3. The summed E-state index contributed by atoms with van der Waals surface area (Å²) in [6, 6.07) is -0.151. The first kappa shape index (κ1) is 23.5. The molecular weight excluding hydrogens is 340 g/mol. The fourth-order valence-electron chi connectivity index (χ4n) is 1.71. The van der Waals surface area contributed by atoms with Crippen molar-refractivity contribution in [3.63, 3.8) is 0 Å². The highest BCUT2D eigenvalue weighted by atomic mass is 33.1. The van der Waals surface area contributed by atoms with E-state index in [4.69, 9.17) is 4.74 Å². The molecule has 0 heterocycles. The van der Waals surface area contributed by atoms with E-state index in [9.17, 15) is 4.79 Å². The standard InChI is InChI=1S/C18H34N2O2S2/c1-16(2)9-7-12-20-18(21)19-11-5-6-13-22-15-24-23-14-8-10-17(3)4/h16-17H,5-6,8,10-15H2,1-4H3,(H2,19,20,21). The summed E-state index contributed by atoms with van der Waals surface area (Å²) in [5.41, 5.74) is 0. The summed E-state index contributed by atoms with van der Waals surface area (Å²) in [4.78, 5) is 11.5. The number of rotatable bonds is 13. The van der Waals surface area contributed by atoms with Gasteiger partial charge in [0, 0.05) is 24.8 Å². The van der Waals surface area contributed by atoms with Crippen molar-refractivity contribution in [3.8, 4) is 11.8 Å². The van der Waals surface area contributed by atoms with Gasteiger partial charge in [0.05, 0.1) is 6.54 Å². The van der Waals surface area contributed by atoms with Crippen LogP contribution in [-0.2, 0) is 4.74 Å². The summed E-state index contributed by atoms with van der Waals surface area (Å²) in [7, 11) is 3.68. The van der Waals surface area contributed by atoms with Crippen LogP contribution in [0.15, 0.2) is 0 Å². The highest BCUT2D eigenvalue weighted by Gasteiger charge is 1.98. The number of unbranched alkanes of at least 4 members (excludes halogenated alkanes) is 1. The van der Waals surface area contributed by atoms with Crippen molar-refractivity contribution in [2.45, 2.75) is 53.4 Å². The van der Waals surface area contributed by atoms with Crippen LogP contribution >= 0.6 is 21.6 Å². The van der Waals surface area contributed by atoms with Crippen molar-refractivity contribution in [1.82, 2.24) is 10.6 Å². The fourth-order valence-corrected chi connectivity index (χ4v) is 3.48. The van der Waals surface area contributed by atoms with E-state index in [2.05, 4.69) is 36.3 Å². The van der Waals surface area contributed by atoms with E-state index < -0.39 is 0 Å². The third kappa shape index (κ3) is 19.5. The quantitative estimate of drug-likeness (QED) is 0.215. The Morgan fingerprint density at radius 1 is 1.08 bits per heavy atom. The van der Waals surface area contributed by atoms with Crippen LogP contribution < -0.4 is 10.6 Å². The van der Waals surface area contributed by atoms with Crippen LogP contribution in [0.5, 0.6) is 0 Å². The minimum Gasteiger partial charge on any atom is -0.370 e.